The molecule has 0 amide bonds. The minimum atomic E-state index is 0.465. The summed E-state index contributed by atoms with van der Waals surface area (Å²) < 4.78 is 4.29. The number of imidazole rings is 1. The van der Waals surface area contributed by atoms with Crippen LogP contribution in [0.1, 0.15) is 44.0 Å². The lowest BCUT2D eigenvalue weighted by molar-refractivity contribution is 0.517. The maximum absolute atomic E-state index is 4.15. The predicted octanol–water partition coefficient (Wildman–Crippen LogP) is 2.72. The topological polar surface area (TPSA) is 34.8 Å². The Hall–Kier alpha value is -1.55. The second kappa shape index (κ2) is 6.57. The minimum absolute atomic E-state index is 0.465. The number of hydrogen-bond acceptors (Lipinski definition) is 2. The summed E-state index contributed by atoms with van der Waals surface area (Å²) in [5.41, 5.74) is 2.59. The van der Waals surface area contributed by atoms with E-state index in [0.29, 0.717) is 6.04 Å². The van der Waals surface area contributed by atoms with Crippen LogP contribution in [-0.2, 0) is 13.6 Å². The number of nitrogens with one attached hydrogen (secondary N) is 1. The largest absolute Gasteiger partial charge is 0.348 e. The molecule has 2 aromatic rings. The summed E-state index contributed by atoms with van der Waals surface area (Å²) >= 11 is 0. The lowest BCUT2D eigenvalue weighted by Gasteiger charge is -2.15. The van der Waals surface area contributed by atoms with E-state index in [4.69, 9.17) is 0 Å². The first-order valence-corrected chi connectivity index (χ1v) is 7.08. The Balaban J connectivity index is 2.03. The molecule has 0 aliphatic heterocycles. The predicted molar refractivity (Wildman–Crippen MR) is 78.1 cm³/mol. The molecule has 0 aliphatic rings. The number of aromatic nitrogens is 3. The van der Waals surface area contributed by atoms with Crippen LogP contribution in [0.15, 0.2) is 31.0 Å². The van der Waals surface area contributed by atoms with Crippen LogP contribution in [0, 0.1) is 0 Å². The number of rotatable bonds is 7. The summed E-state index contributed by atoms with van der Waals surface area (Å²) in [5, 5.41) is 3.59. The number of hydrogen-bond donors (Lipinski definition) is 1. The molecule has 1 atom stereocenters. The Bertz CT molecular complexity index is 498. The Kier molecular flexibility index (Phi) is 4.80. The van der Waals surface area contributed by atoms with Crippen molar-refractivity contribution in [2.45, 2.75) is 39.3 Å². The maximum atomic E-state index is 4.15. The SMILES string of the molecule is CCCNC(CC)c1ccn(Cc2cncn2C)c1. The molecule has 1 N–H and O–H groups in total. The van der Waals surface area contributed by atoms with Gasteiger partial charge >= 0.3 is 0 Å². The smallest absolute Gasteiger partial charge is 0.0946 e. The highest BCUT2D eigenvalue weighted by atomic mass is 15.1. The first-order valence-electron chi connectivity index (χ1n) is 7.08. The average Bonchev–Trinajstić information content (AvgIpc) is 3.02. The molecule has 0 aliphatic carbocycles. The van der Waals surface area contributed by atoms with Gasteiger partial charge in [0, 0.05) is 31.7 Å². The van der Waals surface area contributed by atoms with Gasteiger partial charge in [0.15, 0.2) is 0 Å². The molecule has 2 aromatic heterocycles. The Morgan fingerprint density at radius 2 is 2.21 bits per heavy atom. The fraction of sp³-hybridized carbons (Fsp3) is 0.533. The third kappa shape index (κ3) is 3.47. The van der Waals surface area contributed by atoms with Crippen LogP contribution in [0.2, 0.25) is 0 Å². The summed E-state index contributed by atoms with van der Waals surface area (Å²) in [6, 6.07) is 2.68. The lowest BCUT2D eigenvalue weighted by atomic mass is 10.1. The monoisotopic (exact) mass is 260 g/mol. The molecular formula is C15H24N4. The van der Waals surface area contributed by atoms with Gasteiger partial charge in [-0.25, -0.2) is 4.98 Å². The van der Waals surface area contributed by atoms with Crippen LogP contribution >= 0.6 is 0 Å². The summed E-state index contributed by atoms with van der Waals surface area (Å²) in [5.74, 6) is 0. The van der Waals surface area contributed by atoms with E-state index >= 15 is 0 Å². The van der Waals surface area contributed by atoms with Crippen molar-refractivity contribution in [2.24, 2.45) is 7.05 Å². The standard InChI is InChI=1S/C15H24N4/c1-4-7-17-15(5-2)13-6-8-19(10-13)11-14-9-16-12-18(14)3/h6,8-10,12,15,17H,4-5,7,11H2,1-3H3. The van der Waals surface area contributed by atoms with Gasteiger partial charge in [-0.2, -0.15) is 0 Å². The van der Waals surface area contributed by atoms with Gasteiger partial charge in [0.25, 0.3) is 0 Å². The van der Waals surface area contributed by atoms with Gasteiger partial charge in [0.2, 0.25) is 0 Å². The minimum Gasteiger partial charge on any atom is -0.348 e. The first-order chi connectivity index (χ1) is 9.24. The molecule has 0 saturated carbocycles. The van der Waals surface area contributed by atoms with Crippen molar-refractivity contribution in [2.75, 3.05) is 6.54 Å². The van der Waals surface area contributed by atoms with E-state index in [9.17, 15) is 0 Å². The molecule has 4 heteroatoms. The second-order valence-electron chi connectivity index (χ2n) is 5.03. The Labute approximate surface area is 115 Å². The van der Waals surface area contributed by atoms with Crippen LogP contribution in [0.5, 0.6) is 0 Å². The number of aryl methyl sites for hydroxylation is 1. The van der Waals surface area contributed by atoms with E-state index in [2.05, 4.69) is 51.7 Å². The van der Waals surface area contributed by atoms with Gasteiger partial charge in [-0.3, -0.25) is 0 Å². The van der Waals surface area contributed by atoms with Crippen molar-refractivity contribution >= 4 is 0 Å². The zero-order valence-electron chi connectivity index (χ0n) is 12.1. The number of nitrogens with zero attached hydrogens (tertiary/aromatic N) is 3. The van der Waals surface area contributed by atoms with Crippen LogP contribution < -0.4 is 5.32 Å². The van der Waals surface area contributed by atoms with E-state index in [0.717, 1.165) is 19.5 Å². The molecule has 2 heterocycles. The Morgan fingerprint density at radius 3 is 2.84 bits per heavy atom. The van der Waals surface area contributed by atoms with E-state index in [1.807, 2.05) is 19.6 Å². The van der Waals surface area contributed by atoms with Crippen molar-refractivity contribution in [1.82, 2.24) is 19.4 Å². The summed E-state index contributed by atoms with van der Waals surface area (Å²) in [6.45, 7) is 6.38. The fourth-order valence-corrected chi connectivity index (χ4v) is 2.30. The van der Waals surface area contributed by atoms with Crippen molar-refractivity contribution in [1.29, 1.82) is 0 Å². The van der Waals surface area contributed by atoms with Crippen LogP contribution in [0.25, 0.3) is 0 Å². The molecule has 0 radical (unpaired) electrons. The average molecular weight is 260 g/mol. The highest BCUT2D eigenvalue weighted by Gasteiger charge is 2.10. The van der Waals surface area contributed by atoms with Gasteiger partial charge in [-0.05, 0) is 31.0 Å². The van der Waals surface area contributed by atoms with E-state index < -0.39 is 0 Å². The van der Waals surface area contributed by atoms with Crippen LogP contribution in [0.4, 0.5) is 0 Å². The van der Waals surface area contributed by atoms with Gasteiger partial charge in [-0.1, -0.05) is 13.8 Å². The normalized spacial score (nSPS) is 12.8. The molecule has 0 aromatic carbocycles. The first kappa shape index (κ1) is 13.9. The van der Waals surface area contributed by atoms with Gasteiger partial charge in [0.1, 0.15) is 0 Å². The molecule has 0 spiro atoms. The van der Waals surface area contributed by atoms with E-state index in [-0.39, 0.29) is 0 Å². The van der Waals surface area contributed by atoms with Crippen LogP contribution in [-0.4, -0.2) is 20.7 Å². The molecule has 0 fully saturated rings. The highest BCUT2D eigenvalue weighted by molar-refractivity contribution is 5.16. The van der Waals surface area contributed by atoms with Gasteiger partial charge in [-0.15, -0.1) is 0 Å². The summed E-state index contributed by atoms with van der Waals surface area (Å²) in [7, 11) is 2.03. The zero-order chi connectivity index (χ0) is 13.7. The molecule has 0 bridgehead atoms. The zero-order valence-corrected chi connectivity index (χ0v) is 12.1. The maximum Gasteiger partial charge on any atom is 0.0946 e. The molecule has 2 rings (SSSR count). The molecule has 104 valence electrons. The van der Waals surface area contributed by atoms with E-state index in [1.54, 1.807) is 0 Å². The molecule has 0 saturated heterocycles. The van der Waals surface area contributed by atoms with Crippen LogP contribution in [0.3, 0.4) is 0 Å². The van der Waals surface area contributed by atoms with E-state index in [1.165, 1.54) is 17.7 Å². The van der Waals surface area contributed by atoms with Crippen molar-refractivity contribution in [3.05, 3.63) is 42.2 Å². The van der Waals surface area contributed by atoms with Gasteiger partial charge < -0.3 is 14.5 Å². The molecular weight excluding hydrogens is 236 g/mol. The van der Waals surface area contributed by atoms with Crippen molar-refractivity contribution in [3.63, 3.8) is 0 Å². The van der Waals surface area contributed by atoms with Gasteiger partial charge in [0.05, 0.1) is 18.6 Å². The summed E-state index contributed by atoms with van der Waals surface area (Å²) in [6.07, 6.45) is 10.5. The summed E-state index contributed by atoms with van der Waals surface area (Å²) in [4.78, 5) is 4.15. The second-order valence-corrected chi connectivity index (χ2v) is 5.03. The third-order valence-electron chi connectivity index (χ3n) is 3.49. The lowest BCUT2D eigenvalue weighted by Crippen LogP contribution is -2.21. The van der Waals surface area contributed by atoms with Crippen molar-refractivity contribution in [3.8, 4) is 0 Å². The Morgan fingerprint density at radius 1 is 1.37 bits per heavy atom. The highest BCUT2D eigenvalue weighted by Crippen LogP contribution is 2.17. The molecule has 4 nitrogen and oxygen atoms in total. The van der Waals surface area contributed by atoms with Crippen molar-refractivity contribution < 1.29 is 0 Å². The molecule has 1 unspecified atom stereocenters. The fourth-order valence-electron chi connectivity index (χ4n) is 2.30. The third-order valence-corrected chi connectivity index (χ3v) is 3.49. The quantitative estimate of drug-likeness (QED) is 0.830. The molecule has 19 heavy (non-hydrogen) atoms.